The van der Waals surface area contributed by atoms with Crippen molar-refractivity contribution in [3.05, 3.63) is 23.8 Å². The standard InChI is InChI=1S/C27H44O5/c1-3-4-5-6-7-8-9-10-11-12-13-14-15-16-17-18-19-31-25-20-24(27(29)30)21-26(22-25)32-23(2)28/h20-22H,3-19H2,1-2H3,(H,29,30). The smallest absolute Gasteiger partial charge is 0.335 e. The fraction of sp³-hybridized carbons (Fsp3) is 0.704. The summed E-state index contributed by atoms with van der Waals surface area (Å²) < 4.78 is 10.7. The van der Waals surface area contributed by atoms with Crippen molar-refractivity contribution in [1.29, 1.82) is 0 Å². The maximum absolute atomic E-state index is 11.2. The molecule has 1 aromatic rings. The summed E-state index contributed by atoms with van der Waals surface area (Å²) in [6.07, 6.45) is 21.1. The van der Waals surface area contributed by atoms with E-state index in [1.807, 2.05) is 0 Å². The average molecular weight is 449 g/mol. The second-order valence-electron chi connectivity index (χ2n) is 8.74. The van der Waals surface area contributed by atoms with Gasteiger partial charge in [0.2, 0.25) is 0 Å². The van der Waals surface area contributed by atoms with Crippen LogP contribution in [0.5, 0.6) is 11.5 Å². The predicted molar refractivity (Wildman–Crippen MR) is 130 cm³/mol. The summed E-state index contributed by atoms with van der Waals surface area (Å²) in [5, 5.41) is 9.19. The number of rotatable bonds is 20. The predicted octanol–water partition coefficient (Wildman–Crippen LogP) is 7.95. The lowest BCUT2D eigenvalue weighted by Gasteiger charge is -2.09. The van der Waals surface area contributed by atoms with Gasteiger partial charge in [0.1, 0.15) is 11.5 Å². The van der Waals surface area contributed by atoms with Crippen LogP contribution in [0.4, 0.5) is 0 Å². The Morgan fingerprint density at radius 1 is 0.688 bits per heavy atom. The molecule has 1 rings (SSSR count). The van der Waals surface area contributed by atoms with Crippen molar-refractivity contribution < 1.29 is 24.2 Å². The van der Waals surface area contributed by atoms with Crippen molar-refractivity contribution >= 4 is 11.9 Å². The van der Waals surface area contributed by atoms with Crippen molar-refractivity contribution in [3.63, 3.8) is 0 Å². The molecule has 0 aliphatic heterocycles. The van der Waals surface area contributed by atoms with Crippen molar-refractivity contribution in [3.8, 4) is 11.5 Å². The molecule has 32 heavy (non-hydrogen) atoms. The first kappa shape index (κ1) is 28.0. The first-order chi connectivity index (χ1) is 15.5. The van der Waals surface area contributed by atoms with Gasteiger partial charge < -0.3 is 14.6 Å². The van der Waals surface area contributed by atoms with E-state index < -0.39 is 11.9 Å². The normalized spacial score (nSPS) is 10.8. The molecule has 0 heterocycles. The van der Waals surface area contributed by atoms with E-state index in [1.165, 1.54) is 109 Å². The maximum atomic E-state index is 11.2. The van der Waals surface area contributed by atoms with Crippen LogP contribution < -0.4 is 9.47 Å². The largest absolute Gasteiger partial charge is 0.493 e. The van der Waals surface area contributed by atoms with E-state index in [4.69, 9.17) is 9.47 Å². The molecule has 0 saturated carbocycles. The molecule has 182 valence electrons. The molecular weight excluding hydrogens is 404 g/mol. The summed E-state index contributed by atoms with van der Waals surface area (Å²) >= 11 is 0. The molecule has 0 aliphatic carbocycles. The van der Waals surface area contributed by atoms with Crippen LogP contribution in [0.1, 0.15) is 127 Å². The lowest BCUT2D eigenvalue weighted by molar-refractivity contribution is -0.131. The summed E-state index contributed by atoms with van der Waals surface area (Å²) in [5.74, 6) is -0.955. The number of esters is 1. The van der Waals surface area contributed by atoms with Crippen LogP contribution >= 0.6 is 0 Å². The van der Waals surface area contributed by atoms with Crippen LogP contribution in [0.3, 0.4) is 0 Å². The second kappa shape index (κ2) is 18.5. The number of hydrogen-bond acceptors (Lipinski definition) is 4. The number of hydrogen-bond donors (Lipinski definition) is 1. The third-order valence-electron chi connectivity index (χ3n) is 5.66. The molecule has 0 atom stereocenters. The number of aromatic carboxylic acids is 1. The Morgan fingerprint density at radius 3 is 1.56 bits per heavy atom. The van der Waals surface area contributed by atoms with Gasteiger partial charge in [0, 0.05) is 13.0 Å². The van der Waals surface area contributed by atoms with Crippen LogP contribution in [0.15, 0.2) is 18.2 Å². The highest BCUT2D eigenvalue weighted by Crippen LogP contribution is 2.24. The van der Waals surface area contributed by atoms with Gasteiger partial charge in [-0.25, -0.2) is 4.79 Å². The summed E-state index contributed by atoms with van der Waals surface area (Å²) in [4.78, 5) is 22.3. The van der Waals surface area contributed by atoms with E-state index in [2.05, 4.69) is 6.92 Å². The number of unbranched alkanes of at least 4 members (excludes halogenated alkanes) is 15. The average Bonchev–Trinajstić information content (AvgIpc) is 2.75. The van der Waals surface area contributed by atoms with Gasteiger partial charge in [0.05, 0.1) is 12.2 Å². The lowest BCUT2D eigenvalue weighted by atomic mass is 10.0. The van der Waals surface area contributed by atoms with E-state index in [0.29, 0.717) is 12.4 Å². The molecule has 0 amide bonds. The van der Waals surface area contributed by atoms with Crippen LogP contribution in [0, 0.1) is 0 Å². The number of carboxylic acid groups (broad SMARTS) is 1. The zero-order valence-corrected chi connectivity index (χ0v) is 20.3. The molecule has 0 unspecified atom stereocenters. The monoisotopic (exact) mass is 448 g/mol. The molecule has 1 aromatic carbocycles. The first-order valence-corrected chi connectivity index (χ1v) is 12.7. The zero-order chi connectivity index (χ0) is 23.4. The van der Waals surface area contributed by atoms with Gasteiger partial charge in [0.15, 0.2) is 0 Å². The van der Waals surface area contributed by atoms with E-state index in [0.717, 1.165) is 12.8 Å². The second-order valence-corrected chi connectivity index (χ2v) is 8.74. The van der Waals surface area contributed by atoms with Gasteiger partial charge in [-0.3, -0.25) is 4.79 Å². The summed E-state index contributed by atoms with van der Waals surface area (Å²) in [6.45, 7) is 4.08. The molecule has 0 radical (unpaired) electrons. The number of carboxylic acids is 1. The topological polar surface area (TPSA) is 72.8 Å². The van der Waals surface area contributed by atoms with Crippen molar-refractivity contribution in [2.24, 2.45) is 0 Å². The summed E-state index contributed by atoms with van der Waals surface area (Å²) in [5.41, 5.74) is 0.0470. The zero-order valence-electron chi connectivity index (χ0n) is 20.3. The molecule has 5 nitrogen and oxygen atoms in total. The molecule has 0 aliphatic rings. The highest BCUT2D eigenvalue weighted by atomic mass is 16.5. The van der Waals surface area contributed by atoms with Crippen LogP contribution in [-0.2, 0) is 4.79 Å². The third kappa shape index (κ3) is 14.9. The molecule has 0 fully saturated rings. The minimum atomic E-state index is -1.08. The molecule has 1 N–H and O–H groups in total. The summed E-state index contributed by atoms with van der Waals surface area (Å²) in [7, 11) is 0. The lowest BCUT2D eigenvalue weighted by Crippen LogP contribution is -2.05. The highest BCUT2D eigenvalue weighted by molar-refractivity contribution is 5.89. The van der Waals surface area contributed by atoms with E-state index in [1.54, 1.807) is 6.07 Å². The fourth-order valence-corrected chi connectivity index (χ4v) is 3.84. The summed E-state index contributed by atoms with van der Waals surface area (Å²) in [6, 6.07) is 4.34. The molecule has 5 heteroatoms. The highest BCUT2D eigenvalue weighted by Gasteiger charge is 2.10. The molecule has 0 spiro atoms. The van der Waals surface area contributed by atoms with Crippen LogP contribution in [0.2, 0.25) is 0 Å². The maximum Gasteiger partial charge on any atom is 0.335 e. The molecule has 0 bridgehead atoms. The quantitative estimate of drug-likeness (QED) is 0.124. The number of carbonyl (C=O) groups is 2. The molecular formula is C27H44O5. The van der Waals surface area contributed by atoms with E-state index in [-0.39, 0.29) is 11.3 Å². The first-order valence-electron chi connectivity index (χ1n) is 12.7. The van der Waals surface area contributed by atoms with Crippen LogP contribution in [0.25, 0.3) is 0 Å². The van der Waals surface area contributed by atoms with Crippen molar-refractivity contribution in [2.75, 3.05) is 6.61 Å². The van der Waals surface area contributed by atoms with Crippen molar-refractivity contribution in [2.45, 2.75) is 117 Å². The number of ether oxygens (including phenoxy) is 2. The van der Waals surface area contributed by atoms with E-state index in [9.17, 15) is 14.7 Å². The number of carbonyl (C=O) groups excluding carboxylic acids is 1. The molecule has 0 aromatic heterocycles. The SMILES string of the molecule is CCCCCCCCCCCCCCCCCCOc1cc(OC(C)=O)cc(C(=O)O)c1. The Kier molecular flexibility index (Phi) is 16.2. The Hall–Kier alpha value is -2.04. The van der Waals surface area contributed by atoms with Gasteiger partial charge >= 0.3 is 11.9 Å². The third-order valence-corrected chi connectivity index (χ3v) is 5.66. The fourth-order valence-electron chi connectivity index (χ4n) is 3.84. The van der Waals surface area contributed by atoms with E-state index >= 15 is 0 Å². The van der Waals surface area contributed by atoms with Gasteiger partial charge in [-0.05, 0) is 18.6 Å². The Labute approximate surface area is 194 Å². The van der Waals surface area contributed by atoms with Gasteiger partial charge in [-0.2, -0.15) is 0 Å². The molecule has 0 saturated heterocycles. The Morgan fingerprint density at radius 2 is 1.12 bits per heavy atom. The minimum Gasteiger partial charge on any atom is -0.493 e. The van der Waals surface area contributed by atoms with Crippen LogP contribution in [-0.4, -0.2) is 23.7 Å². The Balaban J connectivity index is 2.00. The minimum absolute atomic E-state index is 0.0470. The van der Waals surface area contributed by atoms with Gasteiger partial charge in [-0.15, -0.1) is 0 Å². The van der Waals surface area contributed by atoms with Gasteiger partial charge in [-0.1, -0.05) is 103 Å². The van der Waals surface area contributed by atoms with Crippen molar-refractivity contribution in [1.82, 2.24) is 0 Å². The Bertz CT molecular complexity index is 641. The van der Waals surface area contributed by atoms with Gasteiger partial charge in [0.25, 0.3) is 0 Å². The number of benzene rings is 1.